The molecule has 0 aliphatic rings. The molecule has 0 atom stereocenters. The highest BCUT2D eigenvalue weighted by molar-refractivity contribution is 5.51. The van der Waals surface area contributed by atoms with Crippen molar-refractivity contribution in [2.75, 3.05) is 7.11 Å². The van der Waals surface area contributed by atoms with E-state index in [-0.39, 0.29) is 17.7 Å². The van der Waals surface area contributed by atoms with Gasteiger partial charge < -0.3 is 20.7 Å². The van der Waals surface area contributed by atoms with Crippen LogP contribution in [0, 0.1) is 5.82 Å². The van der Waals surface area contributed by atoms with Gasteiger partial charge >= 0.3 is 0 Å². The minimum absolute atomic E-state index is 0.0376. The molecule has 0 amide bonds. The molecule has 0 aliphatic heterocycles. The maximum atomic E-state index is 13.8. The first kappa shape index (κ1) is 12.6. The molecule has 0 saturated carbocycles. The van der Waals surface area contributed by atoms with Crippen LogP contribution >= 0.6 is 0 Å². The molecule has 0 saturated heterocycles. The van der Waals surface area contributed by atoms with E-state index in [0.717, 1.165) is 6.07 Å². The number of phenols is 2. The monoisotopic (exact) mass is 229 g/mol. The van der Waals surface area contributed by atoms with E-state index in [2.05, 4.69) is 0 Å². The van der Waals surface area contributed by atoms with E-state index in [9.17, 15) is 14.6 Å². The van der Waals surface area contributed by atoms with E-state index in [4.69, 9.17) is 10.5 Å². The molecule has 0 radical (unpaired) electrons. The Balaban J connectivity index is 3.30. The van der Waals surface area contributed by atoms with Gasteiger partial charge in [-0.1, -0.05) is 0 Å². The third kappa shape index (κ3) is 2.55. The number of halogens is 1. The molecular formula is C11H16FNO3. The van der Waals surface area contributed by atoms with Crippen LogP contribution in [0.1, 0.15) is 19.4 Å². The van der Waals surface area contributed by atoms with Gasteiger partial charge in [-0.3, -0.25) is 0 Å². The molecule has 0 fully saturated rings. The molecule has 0 aliphatic carbocycles. The van der Waals surface area contributed by atoms with Crippen LogP contribution in [0.3, 0.4) is 0 Å². The largest absolute Gasteiger partial charge is 0.504 e. The minimum atomic E-state index is -0.698. The summed E-state index contributed by atoms with van der Waals surface area (Å²) >= 11 is 0. The van der Waals surface area contributed by atoms with Gasteiger partial charge in [0.25, 0.3) is 0 Å². The summed E-state index contributed by atoms with van der Waals surface area (Å²) in [6.45, 7) is 3.39. The number of methoxy groups -OCH3 is 1. The third-order valence-electron chi connectivity index (χ3n) is 2.13. The van der Waals surface area contributed by atoms with E-state index >= 15 is 0 Å². The molecule has 16 heavy (non-hydrogen) atoms. The maximum absolute atomic E-state index is 13.8. The second kappa shape index (κ2) is 4.17. The maximum Gasteiger partial charge on any atom is 0.172 e. The second-order valence-electron chi connectivity index (χ2n) is 4.40. The second-order valence-corrected chi connectivity index (χ2v) is 4.40. The normalized spacial score (nSPS) is 11.6. The van der Waals surface area contributed by atoms with Gasteiger partial charge in [-0.15, -0.1) is 0 Å². The van der Waals surface area contributed by atoms with Crippen LogP contribution < -0.4 is 10.5 Å². The zero-order valence-corrected chi connectivity index (χ0v) is 9.54. The van der Waals surface area contributed by atoms with Crippen LogP contribution in [-0.2, 0) is 6.42 Å². The van der Waals surface area contributed by atoms with Gasteiger partial charge in [0.1, 0.15) is 0 Å². The fourth-order valence-corrected chi connectivity index (χ4v) is 1.43. The molecule has 90 valence electrons. The fraction of sp³-hybridized carbons (Fsp3) is 0.455. The first-order valence-corrected chi connectivity index (χ1v) is 4.82. The highest BCUT2D eigenvalue weighted by atomic mass is 19.1. The van der Waals surface area contributed by atoms with Crippen molar-refractivity contribution in [1.82, 2.24) is 0 Å². The Morgan fingerprint density at radius 3 is 2.44 bits per heavy atom. The predicted molar refractivity (Wildman–Crippen MR) is 58.3 cm³/mol. The van der Waals surface area contributed by atoms with Gasteiger partial charge in [-0.05, 0) is 20.3 Å². The van der Waals surface area contributed by atoms with Crippen LogP contribution in [0.4, 0.5) is 4.39 Å². The van der Waals surface area contributed by atoms with E-state index < -0.39 is 22.9 Å². The summed E-state index contributed by atoms with van der Waals surface area (Å²) in [6.07, 6.45) is 0.0927. The Bertz CT molecular complexity index is 399. The number of aromatic hydroxyl groups is 2. The molecule has 4 nitrogen and oxygen atoms in total. The summed E-state index contributed by atoms with van der Waals surface area (Å²) in [7, 11) is 1.28. The SMILES string of the molecule is COc1cc(O)c(O)c(CC(C)(C)N)c1F. The fourth-order valence-electron chi connectivity index (χ4n) is 1.43. The summed E-state index contributed by atoms with van der Waals surface area (Å²) in [5.41, 5.74) is 5.01. The summed E-state index contributed by atoms with van der Waals surface area (Å²) in [6, 6.07) is 1.03. The molecule has 0 heterocycles. The molecule has 5 heteroatoms. The Morgan fingerprint density at radius 1 is 1.44 bits per heavy atom. The lowest BCUT2D eigenvalue weighted by Crippen LogP contribution is -2.34. The number of benzene rings is 1. The van der Waals surface area contributed by atoms with Gasteiger partial charge in [-0.25, -0.2) is 4.39 Å². The first-order chi connectivity index (χ1) is 7.26. The van der Waals surface area contributed by atoms with Gasteiger partial charge in [0.05, 0.1) is 7.11 Å². The Morgan fingerprint density at radius 2 is 2.00 bits per heavy atom. The van der Waals surface area contributed by atoms with Gasteiger partial charge in [0.15, 0.2) is 23.1 Å². The molecule has 1 aromatic rings. The number of ether oxygens (including phenoxy) is 1. The highest BCUT2D eigenvalue weighted by Crippen LogP contribution is 2.38. The molecule has 0 aromatic heterocycles. The summed E-state index contributed by atoms with van der Waals surface area (Å²) in [5, 5.41) is 19.0. The lowest BCUT2D eigenvalue weighted by Gasteiger charge is -2.20. The molecular weight excluding hydrogens is 213 g/mol. The van der Waals surface area contributed by atoms with Crippen molar-refractivity contribution in [3.8, 4) is 17.2 Å². The number of phenolic OH excluding ortho intramolecular Hbond substituents is 2. The quantitative estimate of drug-likeness (QED) is 0.687. The topological polar surface area (TPSA) is 75.7 Å². The molecule has 0 spiro atoms. The van der Waals surface area contributed by atoms with Crippen molar-refractivity contribution in [3.63, 3.8) is 0 Å². The van der Waals surface area contributed by atoms with Gasteiger partial charge in [-0.2, -0.15) is 0 Å². The summed E-state index contributed by atoms with van der Waals surface area (Å²) in [5.74, 6) is -1.72. The number of hydrogen-bond acceptors (Lipinski definition) is 4. The van der Waals surface area contributed by atoms with Crippen LogP contribution in [0.2, 0.25) is 0 Å². The van der Waals surface area contributed by atoms with Crippen LogP contribution in [0.25, 0.3) is 0 Å². The Kier molecular flexibility index (Phi) is 3.28. The van der Waals surface area contributed by atoms with Crippen molar-refractivity contribution < 1.29 is 19.3 Å². The van der Waals surface area contributed by atoms with Crippen molar-refractivity contribution in [1.29, 1.82) is 0 Å². The number of hydrogen-bond donors (Lipinski definition) is 3. The Hall–Kier alpha value is -1.49. The van der Waals surface area contributed by atoms with E-state index in [1.54, 1.807) is 13.8 Å². The first-order valence-electron chi connectivity index (χ1n) is 4.82. The number of nitrogens with two attached hydrogens (primary N) is 1. The average molecular weight is 229 g/mol. The van der Waals surface area contributed by atoms with Gasteiger partial charge in [0.2, 0.25) is 0 Å². The molecule has 0 bridgehead atoms. The standard InChI is InChI=1S/C11H16FNO3/c1-11(2,13)5-6-9(12)8(16-3)4-7(14)10(6)15/h4,14-15H,5,13H2,1-3H3. The average Bonchev–Trinajstić information content (AvgIpc) is 2.17. The summed E-state index contributed by atoms with van der Waals surface area (Å²) in [4.78, 5) is 0. The Labute approximate surface area is 93.5 Å². The predicted octanol–water partition coefficient (Wildman–Crippen LogP) is 1.53. The van der Waals surface area contributed by atoms with Crippen LogP contribution in [0.15, 0.2) is 6.07 Å². The van der Waals surface area contributed by atoms with Crippen molar-refractivity contribution in [2.45, 2.75) is 25.8 Å². The lowest BCUT2D eigenvalue weighted by molar-refractivity contribution is 0.353. The third-order valence-corrected chi connectivity index (χ3v) is 2.13. The summed E-state index contributed by atoms with van der Waals surface area (Å²) < 4.78 is 18.5. The smallest absolute Gasteiger partial charge is 0.172 e. The van der Waals surface area contributed by atoms with Crippen molar-refractivity contribution in [3.05, 3.63) is 17.4 Å². The number of rotatable bonds is 3. The van der Waals surface area contributed by atoms with Crippen LogP contribution in [0.5, 0.6) is 17.2 Å². The molecule has 0 unspecified atom stereocenters. The van der Waals surface area contributed by atoms with Crippen molar-refractivity contribution >= 4 is 0 Å². The van der Waals surface area contributed by atoms with E-state index in [1.165, 1.54) is 7.11 Å². The minimum Gasteiger partial charge on any atom is -0.504 e. The van der Waals surface area contributed by atoms with Gasteiger partial charge in [0, 0.05) is 17.2 Å². The van der Waals surface area contributed by atoms with E-state index in [0.29, 0.717) is 0 Å². The van der Waals surface area contributed by atoms with Crippen LogP contribution in [-0.4, -0.2) is 22.9 Å². The van der Waals surface area contributed by atoms with Crippen molar-refractivity contribution in [2.24, 2.45) is 5.73 Å². The highest BCUT2D eigenvalue weighted by Gasteiger charge is 2.23. The van der Waals surface area contributed by atoms with E-state index in [1.807, 2.05) is 0 Å². The zero-order chi connectivity index (χ0) is 12.5. The molecule has 1 aromatic carbocycles. The molecule has 4 N–H and O–H groups in total. The lowest BCUT2D eigenvalue weighted by atomic mass is 9.94. The zero-order valence-electron chi connectivity index (χ0n) is 9.54. The molecule has 1 rings (SSSR count).